The Morgan fingerprint density at radius 1 is 1.25 bits per heavy atom. The Balaban J connectivity index is 1.68. The number of nitriles is 1. The van der Waals surface area contributed by atoms with Gasteiger partial charge >= 0.3 is 5.97 Å². The molecule has 2 aromatic carbocycles. The number of ether oxygens (including phenoxy) is 1. The minimum atomic E-state index is -0.459. The number of hydrogen-bond donors (Lipinski definition) is 1. The number of thiazole rings is 1. The summed E-state index contributed by atoms with van der Waals surface area (Å²) in [7, 11) is 0. The molecule has 0 saturated heterocycles. The Hall–Kier alpha value is -4.03. The van der Waals surface area contributed by atoms with Crippen LogP contribution in [0.1, 0.15) is 29.2 Å². The Bertz CT molecular complexity index is 1180. The zero-order chi connectivity index (χ0) is 23.1. The molecule has 0 aliphatic carbocycles. The van der Waals surface area contributed by atoms with Gasteiger partial charge in [-0.3, -0.25) is 10.1 Å². The van der Waals surface area contributed by atoms with E-state index in [2.05, 4.69) is 16.4 Å². The summed E-state index contributed by atoms with van der Waals surface area (Å²) in [6.45, 7) is 4.30. The van der Waals surface area contributed by atoms with Crippen molar-refractivity contribution >= 4 is 34.3 Å². The lowest BCUT2D eigenvalue weighted by Gasteiger charge is -2.07. The topological polar surface area (TPSA) is 118 Å². The molecule has 1 N–H and O–H groups in total. The maximum Gasteiger partial charge on any atom is 0.338 e. The molecule has 0 amide bonds. The van der Waals surface area contributed by atoms with Crippen LogP contribution in [0.25, 0.3) is 16.8 Å². The van der Waals surface area contributed by atoms with Crippen molar-refractivity contribution in [2.45, 2.75) is 13.8 Å². The van der Waals surface area contributed by atoms with E-state index in [1.807, 2.05) is 13.8 Å². The fourth-order valence-electron chi connectivity index (χ4n) is 2.61. The van der Waals surface area contributed by atoms with Crippen molar-refractivity contribution < 1.29 is 14.5 Å². The minimum Gasteiger partial charge on any atom is -0.462 e. The maximum atomic E-state index is 12.0. The zero-order valence-corrected chi connectivity index (χ0v) is 18.3. The zero-order valence-electron chi connectivity index (χ0n) is 17.4. The first-order valence-corrected chi connectivity index (χ1v) is 10.6. The van der Waals surface area contributed by atoms with Crippen LogP contribution in [0.5, 0.6) is 0 Å². The fourth-order valence-corrected chi connectivity index (χ4v) is 3.40. The number of esters is 1. The largest absolute Gasteiger partial charge is 0.462 e. The van der Waals surface area contributed by atoms with Crippen LogP contribution in [-0.4, -0.2) is 22.5 Å². The van der Waals surface area contributed by atoms with Gasteiger partial charge in [-0.1, -0.05) is 13.8 Å². The van der Waals surface area contributed by atoms with Gasteiger partial charge in [0.2, 0.25) is 0 Å². The van der Waals surface area contributed by atoms with E-state index in [1.54, 1.807) is 48.0 Å². The van der Waals surface area contributed by atoms with Crippen molar-refractivity contribution in [2.75, 3.05) is 11.9 Å². The summed E-state index contributed by atoms with van der Waals surface area (Å²) in [5.41, 5.74) is 2.85. The molecule has 9 heteroatoms. The minimum absolute atomic E-state index is 0.00483. The van der Waals surface area contributed by atoms with Crippen molar-refractivity contribution in [1.29, 1.82) is 5.26 Å². The molecular formula is C23H20N4O4S. The highest BCUT2D eigenvalue weighted by molar-refractivity contribution is 7.11. The third kappa shape index (κ3) is 5.77. The Morgan fingerprint density at radius 3 is 2.53 bits per heavy atom. The molecule has 1 aromatic heterocycles. The first-order chi connectivity index (χ1) is 15.4. The van der Waals surface area contributed by atoms with Crippen molar-refractivity contribution in [3.63, 3.8) is 0 Å². The molecule has 0 spiro atoms. The third-order valence-corrected chi connectivity index (χ3v) is 5.16. The SMILES string of the molecule is CC(C)COC(=O)c1ccc(NC=C(C#N)c2nc(-c3ccc([N+](=O)[O-])cc3)cs2)cc1. The number of allylic oxidation sites excluding steroid dienone is 1. The summed E-state index contributed by atoms with van der Waals surface area (Å²) in [6, 6.07) is 15.0. The van der Waals surface area contributed by atoms with Crippen LogP contribution in [0, 0.1) is 27.4 Å². The maximum absolute atomic E-state index is 12.0. The van der Waals surface area contributed by atoms with E-state index in [9.17, 15) is 20.2 Å². The molecule has 0 aliphatic heterocycles. The molecule has 0 radical (unpaired) electrons. The quantitative estimate of drug-likeness (QED) is 0.209. The number of nitro groups is 1. The van der Waals surface area contributed by atoms with E-state index in [-0.39, 0.29) is 17.6 Å². The lowest BCUT2D eigenvalue weighted by Crippen LogP contribution is -2.10. The van der Waals surface area contributed by atoms with Gasteiger partial charge in [0.1, 0.15) is 16.6 Å². The van der Waals surface area contributed by atoms with E-state index in [0.29, 0.717) is 34.1 Å². The molecule has 3 rings (SSSR count). The molecule has 3 aromatic rings. The first-order valence-electron chi connectivity index (χ1n) is 9.72. The number of carbonyl (C=O) groups excluding carboxylic acids is 1. The van der Waals surface area contributed by atoms with E-state index >= 15 is 0 Å². The van der Waals surface area contributed by atoms with Crippen LogP contribution < -0.4 is 5.32 Å². The number of carbonyl (C=O) groups is 1. The molecule has 32 heavy (non-hydrogen) atoms. The van der Waals surface area contributed by atoms with Gasteiger partial charge in [-0.05, 0) is 42.3 Å². The molecule has 0 saturated carbocycles. The monoisotopic (exact) mass is 448 g/mol. The second kappa shape index (κ2) is 10.3. The third-order valence-electron chi connectivity index (χ3n) is 4.28. The number of hydrogen-bond acceptors (Lipinski definition) is 8. The van der Waals surface area contributed by atoms with E-state index in [4.69, 9.17) is 4.74 Å². The van der Waals surface area contributed by atoms with Crippen LogP contribution in [0.4, 0.5) is 11.4 Å². The molecule has 0 atom stereocenters. The molecule has 0 fully saturated rings. The summed E-state index contributed by atoms with van der Waals surface area (Å²) >= 11 is 1.30. The highest BCUT2D eigenvalue weighted by Crippen LogP contribution is 2.27. The second-order valence-electron chi connectivity index (χ2n) is 7.23. The molecule has 0 unspecified atom stereocenters. The van der Waals surface area contributed by atoms with Gasteiger partial charge in [0, 0.05) is 35.0 Å². The Kier molecular flexibility index (Phi) is 7.31. The van der Waals surface area contributed by atoms with Crippen molar-refractivity contribution in [2.24, 2.45) is 5.92 Å². The van der Waals surface area contributed by atoms with Crippen LogP contribution in [0.3, 0.4) is 0 Å². The second-order valence-corrected chi connectivity index (χ2v) is 8.08. The van der Waals surface area contributed by atoms with Crippen LogP contribution >= 0.6 is 11.3 Å². The Labute approximate surface area is 189 Å². The summed E-state index contributed by atoms with van der Waals surface area (Å²) in [5, 5.41) is 25.7. The van der Waals surface area contributed by atoms with E-state index in [1.165, 1.54) is 23.5 Å². The number of aromatic nitrogens is 1. The molecule has 0 bridgehead atoms. The number of non-ortho nitro benzene ring substituents is 1. The number of nitro benzene ring substituents is 1. The molecule has 0 aliphatic rings. The summed E-state index contributed by atoms with van der Waals surface area (Å²) in [4.78, 5) is 26.8. The van der Waals surface area contributed by atoms with Gasteiger partial charge in [-0.15, -0.1) is 11.3 Å². The standard InChI is InChI=1S/C23H20N4O4S/c1-15(2)13-31-23(28)17-3-7-19(8-4-17)25-12-18(11-24)22-26-21(14-32-22)16-5-9-20(10-6-16)27(29)30/h3-10,12,14-15,25H,13H2,1-2H3. The number of nitrogens with zero attached hydrogens (tertiary/aromatic N) is 3. The lowest BCUT2D eigenvalue weighted by molar-refractivity contribution is -0.384. The highest BCUT2D eigenvalue weighted by atomic mass is 32.1. The van der Waals surface area contributed by atoms with Gasteiger partial charge in [-0.25, -0.2) is 9.78 Å². The smallest absolute Gasteiger partial charge is 0.338 e. The number of anilines is 1. The van der Waals surface area contributed by atoms with Crippen LogP contribution in [0.2, 0.25) is 0 Å². The van der Waals surface area contributed by atoms with Gasteiger partial charge in [0.25, 0.3) is 5.69 Å². The number of nitrogens with one attached hydrogen (secondary N) is 1. The summed E-state index contributed by atoms with van der Waals surface area (Å²) in [5.74, 6) is -0.110. The van der Waals surface area contributed by atoms with E-state index < -0.39 is 4.92 Å². The van der Waals surface area contributed by atoms with Gasteiger partial charge in [0.15, 0.2) is 0 Å². The van der Waals surface area contributed by atoms with Crippen molar-refractivity contribution in [3.8, 4) is 17.3 Å². The van der Waals surface area contributed by atoms with Gasteiger partial charge in [0.05, 0.1) is 22.8 Å². The predicted octanol–water partition coefficient (Wildman–Crippen LogP) is 5.51. The normalized spacial score (nSPS) is 11.1. The Morgan fingerprint density at radius 2 is 1.94 bits per heavy atom. The number of rotatable bonds is 8. The summed E-state index contributed by atoms with van der Waals surface area (Å²) < 4.78 is 5.21. The van der Waals surface area contributed by atoms with Gasteiger partial charge < -0.3 is 10.1 Å². The van der Waals surface area contributed by atoms with Crippen molar-refractivity contribution in [1.82, 2.24) is 4.98 Å². The molecule has 1 heterocycles. The van der Waals surface area contributed by atoms with Crippen LogP contribution in [-0.2, 0) is 4.74 Å². The first kappa shape index (κ1) is 22.7. The molecular weight excluding hydrogens is 428 g/mol. The number of benzene rings is 2. The van der Waals surface area contributed by atoms with Gasteiger partial charge in [-0.2, -0.15) is 5.26 Å². The van der Waals surface area contributed by atoms with E-state index in [0.717, 1.165) is 5.56 Å². The summed E-state index contributed by atoms with van der Waals surface area (Å²) in [6.07, 6.45) is 1.55. The predicted molar refractivity (Wildman–Crippen MR) is 123 cm³/mol. The molecule has 8 nitrogen and oxygen atoms in total. The fraction of sp³-hybridized carbons (Fsp3) is 0.174. The lowest BCUT2D eigenvalue weighted by atomic mass is 10.1. The highest BCUT2D eigenvalue weighted by Gasteiger charge is 2.11. The average molecular weight is 449 g/mol. The van der Waals surface area contributed by atoms with Crippen LogP contribution in [0.15, 0.2) is 60.1 Å². The molecule has 162 valence electrons. The van der Waals surface area contributed by atoms with Crippen molar-refractivity contribution in [3.05, 3.63) is 80.8 Å². The average Bonchev–Trinajstić information content (AvgIpc) is 3.28.